The van der Waals surface area contributed by atoms with E-state index in [2.05, 4.69) is 10.3 Å². The molecule has 0 saturated heterocycles. The number of rotatable bonds is 3. The SMILES string of the molecule is Cc1coc(-c2cc(NC(=O)[C@H]3CCCCC3(F)F)ccc2C)n1. The average molecular weight is 334 g/mol. The van der Waals surface area contributed by atoms with E-state index >= 15 is 0 Å². The van der Waals surface area contributed by atoms with Crippen LogP contribution in [0.2, 0.25) is 0 Å². The van der Waals surface area contributed by atoms with Crippen molar-refractivity contribution in [3.63, 3.8) is 0 Å². The fourth-order valence-electron chi connectivity index (χ4n) is 3.05. The molecule has 128 valence electrons. The quantitative estimate of drug-likeness (QED) is 0.883. The third-order valence-electron chi connectivity index (χ3n) is 4.43. The number of hydrogen-bond acceptors (Lipinski definition) is 3. The van der Waals surface area contributed by atoms with Crippen LogP contribution >= 0.6 is 0 Å². The van der Waals surface area contributed by atoms with Crippen LogP contribution < -0.4 is 5.32 Å². The zero-order chi connectivity index (χ0) is 17.3. The van der Waals surface area contributed by atoms with Gasteiger partial charge in [-0.15, -0.1) is 0 Å². The standard InChI is InChI=1S/C18H20F2N2O2/c1-11-6-7-13(9-14(11)17-21-12(2)10-24-17)22-16(23)15-5-3-4-8-18(15,19)20/h6-7,9-10,15H,3-5,8H2,1-2H3,(H,22,23)/t15-/m1/s1. The molecular weight excluding hydrogens is 314 g/mol. The summed E-state index contributed by atoms with van der Waals surface area (Å²) >= 11 is 0. The molecule has 0 radical (unpaired) electrons. The van der Waals surface area contributed by atoms with E-state index in [4.69, 9.17) is 4.42 Å². The van der Waals surface area contributed by atoms with Crippen molar-refractivity contribution in [3.05, 3.63) is 35.7 Å². The normalized spacial score (nSPS) is 19.9. The predicted molar refractivity (Wildman–Crippen MR) is 86.9 cm³/mol. The van der Waals surface area contributed by atoms with Gasteiger partial charge in [-0.3, -0.25) is 4.79 Å². The molecule has 3 rings (SSSR count). The first-order valence-corrected chi connectivity index (χ1v) is 8.08. The van der Waals surface area contributed by atoms with Crippen LogP contribution in [0.4, 0.5) is 14.5 Å². The molecule has 1 atom stereocenters. The Bertz CT molecular complexity index is 755. The molecule has 1 amide bonds. The van der Waals surface area contributed by atoms with E-state index in [1.54, 1.807) is 18.4 Å². The topological polar surface area (TPSA) is 55.1 Å². The second kappa shape index (κ2) is 6.34. The zero-order valence-corrected chi connectivity index (χ0v) is 13.7. The highest BCUT2D eigenvalue weighted by Gasteiger charge is 2.45. The molecular formula is C18H20F2N2O2. The summed E-state index contributed by atoms with van der Waals surface area (Å²) in [5.74, 6) is -4.38. The lowest BCUT2D eigenvalue weighted by molar-refractivity contribution is -0.140. The first-order valence-electron chi connectivity index (χ1n) is 8.08. The number of amides is 1. The van der Waals surface area contributed by atoms with Gasteiger partial charge in [0.25, 0.3) is 5.92 Å². The van der Waals surface area contributed by atoms with Crippen LogP contribution in [-0.2, 0) is 4.79 Å². The number of aromatic nitrogens is 1. The summed E-state index contributed by atoms with van der Waals surface area (Å²) in [5.41, 5.74) is 2.88. The van der Waals surface area contributed by atoms with Crippen molar-refractivity contribution < 1.29 is 18.0 Å². The van der Waals surface area contributed by atoms with Gasteiger partial charge >= 0.3 is 0 Å². The number of benzene rings is 1. The first kappa shape index (κ1) is 16.6. The number of carbonyl (C=O) groups excluding carboxylic acids is 1. The molecule has 0 aliphatic heterocycles. The summed E-state index contributed by atoms with van der Waals surface area (Å²) in [7, 11) is 0. The number of carbonyl (C=O) groups is 1. The molecule has 6 heteroatoms. The van der Waals surface area contributed by atoms with Crippen molar-refractivity contribution in [2.24, 2.45) is 5.92 Å². The molecule has 2 aromatic rings. The monoisotopic (exact) mass is 334 g/mol. The second-order valence-electron chi connectivity index (χ2n) is 6.37. The Labute approximate surface area is 139 Å². The van der Waals surface area contributed by atoms with E-state index in [9.17, 15) is 13.6 Å². The minimum Gasteiger partial charge on any atom is -0.444 e. The van der Waals surface area contributed by atoms with Crippen molar-refractivity contribution in [2.45, 2.75) is 45.5 Å². The van der Waals surface area contributed by atoms with Crippen molar-refractivity contribution in [1.82, 2.24) is 4.98 Å². The van der Waals surface area contributed by atoms with Crippen LogP contribution in [0.5, 0.6) is 0 Å². The minimum absolute atomic E-state index is 0.219. The predicted octanol–water partition coefficient (Wildman–Crippen LogP) is 4.72. The highest BCUT2D eigenvalue weighted by Crippen LogP contribution is 2.39. The van der Waals surface area contributed by atoms with Gasteiger partial charge in [0.2, 0.25) is 11.8 Å². The number of oxazole rings is 1. The maximum absolute atomic E-state index is 13.9. The van der Waals surface area contributed by atoms with Crippen LogP contribution in [0.3, 0.4) is 0 Å². The zero-order valence-electron chi connectivity index (χ0n) is 13.7. The Morgan fingerprint density at radius 3 is 2.79 bits per heavy atom. The van der Waals surface area contributed by atoms with Gasteiger partial charge in [0.15, 0.2) is 0 Å². The smallest absolute Gasteiger partial charge is 0.259 e. The molecule has 1 aliphatic carbocycles. The fourth-order valence-corrected chi connectivity index (χ4v) is 3.05. The van der Waals surface area contributed by atoms with Crippen LogP contribution in [-0.4, -0.2) is 16.8 Å². The summed E-state index contributed by atoms with van der Waals surface area (Å²) in [6, 6.07) is 5.22. The van der Waals surface area contributed by atoms with E-state index in [0.29, 0.717) is 24.4 Å². The molecule has 4 nitrogen and oxygen atoms in total. The van der Waals surface area contributed by atoms with Crippen LogP contribution in [0.1, 0.15) is 36.9 Å². The number of nitrogens with one attached hydrogen (secondary N) is 1. The Balaban J connectivity index is 1.81. The van der Waals surface area contributed by atoms with Crippen LogP contribution in [0, 0.1) is 19.8 Å². The molecule has 1 aliphatic rings. The summed E-state index contributed by atoms with van der Waals surface area (Å²) < 4.78 is 33.3. The van der Waals surface area contributed by atoms with Crippen molar-refractivity contribution in [1.29, 1.82) is 0 Å². The number of hydrogen-bond donors (Lipinski definition) is 1. The van der Waals surface area contributed by atoms with Crippen molar-refractivity contribution >= 4 is 11.6 Å². The highest BCUT2D eigenvalue weighted by atomic mass is 19.3. The lowest BCUT2D eigenvalue weighted by Crippen LogP contribution is -2.40. The van der Waals surface area contributed by atoms with Gasteiger partial charge in [-0.2, -0.15) is 0 Å². The molecule has 1 aromatic carbocycles. The van der Waals surface area contributed by atoms with Gasteiger partial charge in [-0.25, -0.2) is 13.8 Å². The van der Waals surface area contributed by atoms with E-state index in [0.717, 1.165) is 16.8 Å². The van der Waals surface area contributed by atoms with Gasteiger partial charge in [0.05, 0.1) is 5.69 Å². The second-order valence-corrected chi connectivity index (χ2v) is 6.37. The molecule has 0 bridgehead atoms. The number of anilines is 1. The van der Waals surface area contributed by atoms with E-state index in [1.807, 2.05) is 19.9 Å². The Morgan fingerprint density at radius 1 is 1.33 bits per heavy atom. The largest absolute Gasteiger partial charge is 0.444 e. The number of halogens is 2. The Hall–Kier alpha value is -2.24. The van der Waals surface area contributed by atoms with Gasteiger partial charge < -0.3 is 9.73 Å². The third kappa shape index (κ3) is 3.32. The molecule has 1 heterocycles. The first-order chi connectivity index (χ1) is 11.4. The average Bonchev–Trinajstić information content (AvgIpc) is 2.95. The summed E-state index contributed by atoms with van der Waals surface area (Å²) in [4.78, 5) is 16.6. The summed E-state index contributed by atoms with van der Waals surface area (Å²) in [5, 5.41) is 2.62. The Kier molecular flexibility index (Phi) is 4.39. The van der Waals surface area contributed by atoms with E-state index in [-0.39, 0.29) is 12.8 Å². The minimum atomic E-state index is -2.93. The van der Waals surface area contributed by atoms with Crippen molar-refractivity contribution in [2.75, 3.05) is 5.32 Å². The van der Waals surface area contributed by atoms with Gasteiger partial charge in [0.1, 0.15) is 12.2 Å². The molecule has 0 spiro atoms. The molecule has 1 aromatic heterocycles. The number of aryl methyl sites for hydroxylation is 2. The Morgan fingerprint density at radius 2 is 2.12 bits per heavy atom. The van der Waals surface area contributed by atoms with Gasteiger partial charge in [0, 0.05) is 17.7 Å². The molecule has 24 heavy (non-hydrogen) atoms. The lowest BCUT2D eigenvalue weighted by Gasteiger charge is -2.30. The molecule has 0 unspecified atom stereocenters. The van der Waals surface area contributed by atoms with E-state index < -0.39 is 17.7 Å². The summed E-state index contributed by atoms with van der Waals surface area (Å²) in [6.45, 7) is 3.72. The summed E-state index contributed by atoms with van der Waals surface area (Å²) in [6.07, 6.45) is 2.66. The molecule has 1 fully saturated rings. The molecule has 1 N–H and O–H groups in total. The lowest BCUT2D eigenvalue weighted by atomic mass is 9.85. The van der Waals surface area contributed by atoms with Crippen LogP contribution in [0.25, 0.3) is 11.5 Å². The van der Waals surface area contributed by atoms with Gasteiger partial charge in [-0.05, 0) is 44.4 Å². The maximum Gasteiger partial charge on any atom is 0.259 e. The van der Waals surface area contributed by atoms with E-state index in [1.165, 1.54) is 0 Å². The number of alkyl halides is 2. The highest BCUT2D eigenvalue weighted by molar-refractivity contribution is 5.94. The third-order valence-corrected chi connectivity index (χ3v) is 4.43. The maximum atomic E-state index is 13.9. The molecule has 1 saturated carbocycles. The van der Waals surface area contributed by atoms with Gasteiger partial charge in [-0.1, -0.05) is 12.5 Å². The van der Waals surface area contributed by atoms with Crippen molar-refractivity contribution in [3.8, 4) is 11.5 Å². The van der Waals surface area contributed by atoms with Crippen LogP contribution in [0.15, 0.2) is 28.9 Å². The number of nitrogens with zero attached hydrogens (tertiary/aromatic N) is 1. The fraction of sp³-hybridized carbons (Fsp3) is 0.444.